The summed E-state index contributed by atoms with van der Waals surface area (Å²) in [5.41, 5.74) is 0. The van der Waals surface area contributed by atoms with Gasteiger partial charge in [-0.15, -0.1) is 0 Å². The lowest BCUT2D eigenvalue weighted by Gasteiger charge is -2.29. The molecule has 0 aromatic carbocycles. The summed E-state index contributed by atoms with van der Waals surface area (Å²) in [5.74, 6) is 1.18. The Labute approximate surface area is 105 Å². The first kappa shape index (κ1) is 12.9. The van der Waals surface area contributed by atoms with Crippen molar-refractivity contribution in [1.29, 1.82) is 0 Å². The first-order chi connectivity index (χ1) is 8.33. The minimum Gasteiger partial charge on any atom is -0.339 e. The predicted molar refractivity (Wildman–Crippen MR) is 69.9 cm³/mol. The Morgan fingerprint density at radius 3 is 2.71 bits per heavy atom. The van der Waals surface area contributed by atoms with Crippen molar-refractivity contribution in [1.82, 2.24) is 10.2 Å². The summed E-state index contributed by atoms with van der Waals surface area (Å²) in [6, 6.07) is 0.576. The summed E-state index contributed by atoms with van der Waals surface area (Å²) in [6.07, 6.45) is 8.59. The number of amides is 1. The van der Waals surface area contributed by atoms with Gasteiger partial charge in [0.1, 0.15) is 0 Å². The third kappa shape index (κ3) is 3.21. The van der Waals surface area contributed by atoms with Gasteiger partial charge in [-0.05, 0) is 38.1 Å². The number of nitrogens with zero attached hydrogens (tertiary/aromatic N) is 1. The number of nitrogens with one attached hydrogen (secondary N) is 1. The van der Waals surface area contributed by atoms with Gasteiger partial charge in [0.25, 0.3) is 0 Å². The lowest BCUT2D eigenvalue weighted by Crippen LogP contribution is -2.40. The van der Waals surface area contributed by atoms with Crippen molar-refractivity contribution < 1.29 is 4.79 Å². The zero-order valence-corrected chi connectivity index (χ0v) is 11.1. The third-order valence-electron chi connectivity index (χ3n) is 4.33. The van der Waals surface area contributed by atoms with Crippen LogP contribution in [0.5, 0.6) is 0 Å². The molecule has 0 radical (unpaired) electrons. The molecule has 0 bridgehead atoms. The monoisotopic (exact) mass is 238 g/mol. The van der Waals surface area contributed by atoms with Crippen molar-refractivity contribution >= 4 is 5.91 Å². The molecule has 17 heavy (non-hydrogen) atoms. The number of carbonyl (C=O) groups excluding carboxylic acids is 1. The summed E-state index contributed by atoms with van der Waals surface area (Å²) in [6.45, 7) is 4.89. The SMILES string of the molecule is CCNCCC(=O)N1CCCC1C1CCCC1. The Morgan fingerprint density at radius 2 is 2.00 bits per heavy atom. The average Bonchev–Trinajstić information content (AvgIpc) is 2.99. The Hall–Kier alpha value is -0.570. The summed E-state index contributed by atoms with van der Waals surface area (Å²) >= 11 is 0. The third-order valence-corrected chi connectivity index (χ3v) is 4.33. The van der Waals surface area contributed by atoms with Gasteiger partial charge >= 0.3 is 0 Å². The van der Waals surface area contributed by atoms with Gasteiger partial charge in [-0.1, -0.05) is 19.8 Å². The quantitative estimate of drug-likeness (QED) is 0.745. The highest BCUT2D eigenvalue weighted by atomic mass is 16.2. The van der Waals surface area contributed by atoms with Crippen molar-refractivity contribution in [2.24, 2.45) is 5.92 Å². The zero-order chi connectivity index (χ0) is 12.1. The van der Waals surface area contributed by atoms with Crippen LogP contribution in [0.1, 0.15) is 51.9 Å². The standard InChI is InChI=1S/C14H26N2O/c1-2-15-10-9-14(17)16-11-5-8-13(16)12-6-3-4-7-12/h12-13,15H,2-11H2,1H3. The summed E-state index contributed by atoms with van der Waals surface area (Å²) in [5, 5.41) is 3.24. The van der Waals surface area contributed by atoms with Crippen LogP contribution >= 0.6 is 0 Å². The molecular weight excluding hydrogens is 212 g/mol. The lowest BCUT2D eigenvalue weighted by molar-refractivity contribution is -0.132. The molecule has 1 atom stereocenters. The number of likely N-dealkylation sites (tertiary alicyclic amines) is 1. The van der Waals surface area contributed by atoms with Gasteiger partial charge < -0.3 is 10.2 Å². The van der Waals surface area contributed by atoms with Crippen LogP contribution in [0.4, 0.5) is 0 Å². The van der Waals surface area contributed by atoms with Gasteiger partial charge in [0.2, 0.25) is 5.91 Å². The zero-order valence-electron chi connectivity index (χ0n) is 11.1. The van der Waals surface area contributed by atoms with E-state index in [-0.39, 0.29) is 0 Å². The van der Waals surface area contributed by atoms with Crippen LogP contribution in [0.2, 0.25) is 0 Å². The molecule has 3 nitrogen and oxygen atoms in total. The largest absolute Gasteiger partial charge is 0.339 e. The van der Waals surface area contributed by atoms with Gasteiger partial charge in [-0.2, -0.15) is 0 Å². The van der Waals surface area contributed by atoms with E-state index in [4.69, 9.17) is 0 Å². The van der Waals surface area contributed by atoms with Gasteiger partial charge in [0.05, 0.1) is 0 Å². The molecule has 1 saturated heterocycles. The van der Waals surface area contributed by atoms with E-state index in [1.807, 2.05) is 0 Å². The lowest BCUT2D eigenvalue weighted by atomic mass is 9.96. The molecule has 1 amide bonds. The van der Waals surface area contributed by atoms with Crippen LogP contribution in [0, 0.1) is 5.92 Å². The van der Waals surface area contributed by atoms with E-state index >= 15 is 0 Å². The Bertz CT molecular complexity index is 249. The Balaban J connectivity index is 1.83. The van der Waals surface area contributed by atoms with Crippen LogP contribution in [0.15, 0.2) is 0 Å². The molecule has 1 aliphatic heterocycles. The fourth-order valence-corrected chi connectivity index (χ4v) is 3.45. The first-order valence-corrected chi connectivity index (χ1v) is 7.33. The van der Waals surface area contributed by atoms with Crippen LogP contribution in [-0.2, 0) is 4.79 Å². The van der Waals surface area contributed by atoms with E-state index in [2.05, 4.69) is 17.1 Å². The molecule has 2 fully saturated rings. The molecule has 1 heterocycles. The molecule has 1 aliphatic carbocycles. The van der Waals surface area contributed by atoms with Gasteiger partial charge in [-0.3, -0.25) is 4.79 Å². The second-order valence-electron chi connectivity index (χ2n) is 5.44. The predicted octanol–water partition coefficient (Wildman–Crippen LogP) is 2.17. The van der Waals surface area contributed by atoms with Crippen molar-refractivity contribution in [3.05, 3.63) is 0 Å². The van der Waals surface area contributed by atoms with Crippen LogP contribution in [-0.4, -0.2) is 36.5 Å². The summed E-state index contributed by atoms with van der Waals surface area (Å²) in [7, 11) is 0. The molecule has 2 rings (SSSR count). The van der Waals surface area contributed by atoms with Crippen molar-refractivity contribution in [3.63, 3.8) is 0 Å². The number of hydrogen-bond donors (Lipinski definition) is 1. The molecule has 2 aliphatic rings. The molecule has 1 unspecified atom stereocenters. The fraction of sp³-hybridized carbons (Fsp3) is 0.929. The van der Waals surface area contributed by atoms with Crippen LogP contribution in [0.3, 0.4) is 0 Å². The number of rotatable bonds is 5. The summed E-state index contributed by atoms with van der Waals surface area (Å²) in [4.78, 5) is 14.4. The van der Waals surface area contributed by atoms with E-state index in [9.17, 15) is 4.79 Å². The highest BCUT2D eigenvalue weighted by Crippen LogP contribution is 2.35. The molecule has 3 heteroatoms. The molecule has 0 aromatic rings. The highest BCUT2D eigenvalue weighted by molar-refractivity contribution is 5.77. The molecule has 0 aromatic heterocycles. The van der Waals surface area contributed by atoms with Gasteiger partial charge in [0, 0.05) is 25.6 Å². The molecule has 1 saturated carbocycles. The van der Waals surface area contributed by atoms with Crippen molar-refractivity contribution in [2.75, 3.05) is 19.6 Å². The molecule has 0 spiro atoms. The Kier molecular flexibility index (Phi) is 4.84. The van der Waals surface area contributed by atoms with E-state index in [1.54, 1.807) is 0 Å². The summed E-state index contributed by atoms with van der Waals surface area (Å²) < 4.78 is 0. The van der Waals surface area contributed by atoms with E-state index < -0.39 is 0 Å². The van der Waals surface area contributed by atoms with E-state index in [1.165, 1.54) is 38.5 Å². The van der Waals surface area contributed by atoms with Crippen LogP contribution < -0.4 is 5.32 Å². The smallest absolute Gasteiger partial charge is 0.224 e. The molecule has 1 N–H and O–H groups in total. The minimum atomic E-state index is 0.375. The molecular formula is C14H26N2O. The van der Waals surface area contributed by atoms with Gasteiger partial charge in [-0.25, -0.2) is 0 Å². The van der Waals surface area contributed by atoms with Crippen LogP contribution in [0.25, 0.3) is 0 Å². The number of carbonyl (C=O) groups is 1. The normalized spacial score (nSPS) is 25.7. The maximum absolute atomic E-state index is 12.2. The fourth-order valence-electron chi connectivity index (χ4n) is 3.45. The van der Waals surface area contributed by atoms with Crippen molar-refractivity contribution in [2.45, 2.75) is 57.9 Å². The number of hydrogen-bond acceptors (Lipinski definition) is 2. The van der Waals surface area contributed by atoms with E-state index in [0.29, 0.717) is 18.4 Å². The first-order valence-electron chi connectivity index (χ1n) is 7.33. The maximum atomic E-state index is 12.2. The second-order valence-corrected chi connectivity index (χ2v) is 5.44. The topological polar surface area (TPSA) is 32.3 Å². The maximum Gasteiger partial charge on any atom is 0.224 e. The van der Waals surface area contributed by atoms with Gasteiger partial charge in [0.15, 0.2) is 0 Å². The average molecular weight is 238 g/mol. The molecule has 98 valence electrons. The Morgan fingerprint density at radius 1 is 1.24 bits per heavy atom. The highest BCUT2D eigenvalue weighted by Gasteiger charge is 2.35. The minimum absolute atomic E-state index is 0.375. The van der Waals surface area contributed by atoms with Crippen molar-refractivity contribution in [3.8, 4) is 0 Å². The second kappa shape index (κ2) is 6.39. The van der Waals surface area contributed by atoms with E-state index in [0.717, 1.165) is 25.6 Å².